The molecule has 1 N–H and O–H groups in total. The normalized spacial score (nSPS) is 23.0. The first-order chi connectivity index (χ1) is 18.1. The number of benzene rings is 2. The number of carbonyl (C=O) groups is 1. The van der Waals surface area contributed by atoms with Crippen LogP contribution >= 0.6 is 11.3 Å². The Morgan fingerprint density at radius 2 is 1.74 bits per heavy atom. The molecule has 5 rings (SSSR count). The van der Waals surface area contributed by atoms with Crippen LogP contribution in [0.3, 0.4) is 0 Å². The lowest BCUT2D eigenvalue weighted by atomic mass is 9.82. The van der Waals surface area contributed by atoms with E-state index >= 15 is 0 Å². The summed E-state index contributed by atoms with van der Waals surface area (Å²) < 4.78 is 66.5. The molecule has 1 aromatic heterocycles. The number of piperidine rings is 1. The van der Waals surface area contributed by atoms with Gasteiger partial charge in [0.05, 0.1) is 11.0 Å². The minimum atomic E-state index is -4.66. The molecule has 0 bridgehead atoms. The fraction of sp³-hybridized carbons (Fsp3) is 0.414. The minimum absolute atomic E-state index is 0.0735. The van der Waals surface area contributed by atoms with Crippen LogP contribution in [0.1, 0.15) is 59.6 Å². The lowest BCUT2D eigenvalue weighted by Gasteiger charge is -2.37. The van der Waals surface area contributed by atoms with Crippen molar-refractivity contribution in [2.24, 2.45) is 0 Å². The Labute approximate surface area is 222 Å². The lowest BCUT2D eigenvalue weighted by Crippen LogP contribution is -2.45. The number of hydrogen-bond donors (Lipinski definition) is 1. The van der Waals surface area contributed by atoms with Crippen molar-refractivity contribution in [3.63, 3.8) is 0 Å². The van der Waals surface area contributed by atoms with E-state index in [0.717, 1.165) is 54.9 Å². The van der Waals surface area contributed by atoms with E-state index in [9.17, 15) is 26.7 Å². The van der Waals surface area contributed by atoms with Gasteiger partial charge in [0.25, 0.3) is 0 Å². The molecule has 1 saturated carbocycles. The second kappa shape index (κ2) is 10.8. The maximum atomic E-state index is 13.9. The van der Waals surface area contributed by atoms with E-state index in [0.29, 0.717) is 24.8 Å². The van der Waals surface area contributed by atoms with E-state index in [2.05, 4.69) is 10.2 Å². The lowest BCUT2D eigenvalue weighted by molar-refractivity contribution is -0.137. The van der Waals surface area contributed by atoms with Gasteiger partial charge in [-0.3, -0.25) is 4.79 Å². The van der Waals surface area contributed by atoms with E-state index in [4.69, 9.17) is 0 Å². The molecule has 2 aromatic carbocycles. The Hall–Kier alpha value is -2.78. The Morgan fingerprint density at radius 1 is 1.00 bits per heavy atom. The molecular weight excluding hydrogens is 519 g/mol. The van der Waals surface area contributed by atoms with E-state index < -0.39 is 23.0 Å². The van der Waals surface area contributed by atoms with Crippen LogP contribution in [0.2, 0.25) is 0 Å². The number of thiophene rings is 1. The predicted molar refractivity (Wildman–Crippen MR) is 137 cm³/mol. The van der Waals surface area contributed by atoms with Crippen molar-refractivity contribution in [1.82, 2.24) is 10.2 Å². The number of alkyl halides is 3. The number of hydrogen-bond acceptors (Lipinski definition) is 3. The summed E-state index contributed by atoms with van der Waals surface area (Å²) in [6.07, 6.45) is -0.647. The number of carbonyl (C=O) groups excluding carboxylic acids is 1. The molecule has 2 unspecified atom stereocenters. The zero-order chi connectivity index (χ0) is 26.9. The summed E-state index contributed by atoms with van der Waals surface area (Å²) in [6.45, 7) is 1.59. The molecule has 202 valence electrons. The molecule has 1 aliphatic heterocycles. The topological polar surface area (TPSA) is 32.3 Å². The highest BCUT2D eigenvalue weighted by Crippen LogP contribution is 2.46. The molecule has 1 aliphatic carbocycles. The molecule has 2 fully saturated rings. The smallest absolute Gasteiger partial charge is 0.351 e. The molecule has 0 spiro atoms. The third kappa shape index (κ3) is 5.64. The van der Waals surface area contributed by atoms with Crippen LogP contribution in [0.15, 0.2) is 60.0 Å². The Balaban J connectivity index is 1.26. The fourth-order valence-electron chi connectivity index (χ4n) is 6.02. The van der Waals surface area contributed by atoms with Crippen LogP contribution in [-0.4, -0.2) is 29.9 Å². The number of amides is 1. The maximum absolute atomic E-state index is 13.9. The molecule has 0 radical (unpaired) electrons. The monoisotopic (exact) mass is 548 g/mol. The first-order valence-electron chi connectivity index (χ1n) is 12.8. The molecule has 2 aliphatic rings. The number of likely N-dealkylation sites (tertiary alicyclic amines) is 1. The van der Waals surface area contributed by atoms with E-state index in [1.54, 1.807) is 0 Å². The van der Waals surface area contributed by atoms with Gasteiger partial charge in [0.1, 0.15) is 11.6 Å². The fourth-order valence-corrected chi connectivity index (χ4v) is 6.99. The third-order valence-electron chi connectivity index (χ3n) is 8.04. The van der Waals surface area contributed by atoms with Crippen molar-refractivity contribution in [1.29, 1.82) is 0 Å². The van der Waals surface area contributed by atoms with Gasteiger partial charge in [-0.15, -0.1) is 11.3 Å². The van der Waals surface area contributed by atoms with Crippen molar-refractivity contribution in [2.75, 3.05) is 13.1 Å². The van der Waals surface area contributed by atoms with E-state index in [-0.39, 0.29) is 29.9 Å². The van der Waals surface area contributed by atoms with Crippen LogP contribution in [-0.2, 0) is 22.9 Å². The predicted octanol–water partition coefficient (Wildman–Crippen LogP) is 7.03. The summed E-state index contributed by atoms with van der Waals surface area (Å²) >= 11 is 1.51. The molecule has 1 saturated heterocycles. The largest absolute Gasteiger partial charge is 0.416 e. The van der Waals surface area contributed by atoms with E-state index in [1.807, 2.05) is 29.6 Å². The Bertz CT molecular complexity index is 1250. The highest BCUT2D eigenvalue weighted by molar-refractivity contribution is 7.10. The summed E-state index contributed by atoms with van der Waals surface area (Å²) in [5, 5.41) is 4.74. The van der Waals surface area contributed by atoms with Gasteiger partial charge in [0, 0.05) is 17.5 Å². The Morgan fingerprint density at radius 3 is 2.39 bits per heavy atom. The van der Waals surface area contributed by atoms with Gasteiger partial charge >= 0.3 is 6.18 Å². The molecular formula is C29H29F5N2OS. The average molecular weight is 549 g/mol. The summed E-state index contributed by atoms with van der Waals surface area (Å²) in [6, 6.07) is 13.1. The summed E-state index contributed by atoms with van der Waals surface area (Å²) in [5.41, 5.74) is -0.618. The SMILES string of the molecule is O=C(NCc1cc(F)cc(C(F)(F)F)c1)C1(c2cccs2)CCC(N2CCC(c3ccc(F)cc3)CC2)C1. The summed E-state index contributed by atoms with van der Waals surface area (Å²) in [4.78, 5) is 17.0. The van der Waals surface area contributed by atoms with Gasteiger partial charge in [0.2, 0.25) is 5.91 Å². The standard InChI is InChI=1S/C29H29F5N2OS/c30-23-5-3-20(4-6-23)21-8-11-36(12-9-21)25-7-10-28(17-25,26-2-1-13-38-26)27(37)35-18-19-14-22(29(32,33)34)16-24(31)15-19/h1-6,13-16,21,25H,7-12,17-18H2,(H,35,37). The second-order valence-corrected chi connectivity index (χ2v) is 11.3. The van der Waals surface area contributed by atoms with Crippen molar-refractivity contribution in [2.45, 2.75) is 62.2 Å². The Kier molecular flexibility index (Phi) is 7.60. The van der Waals surface area contributed by atoms with Gasteiger partial charge in [-0.2, -0.15) is 13.2 Å². The first kappa shape index (κ1) is 26.8. The second-order valence-electron chi connectivity index (χ2n) is 10.3. The number of halogens is 5. The van der Waals surface area contributed by atoms with Crippen molar-refractivity contribution >= 4 is 17.2 Å². The number of nitrogens with zero attached hydrogens (tertiary/aromatic N) is 1. The molecule has 1 amide bonds. The van der Waals surface area contributed by atoms with Crippen molar-refractivity contribution in [3.05, 3.63) is 93.2 Å². The van der Waals surface area contributed by atoms with Crippen LogP contribution in [0.5, 0.6) is 0 Å². The first-order valence-corrected chi connectivity index (χ1v) is 13.7. The zero-order valence-electron chi connectivity index (χ0n) is 20.7. The van der Waals surface area contributed by atoms with Crippen molar-refractivity contribution < 1.29 is 26.7 Å². The van der Waals surface area contributed by atoms with Crippen LogP contribution in [0.4, 0.5) is 22.0 Å². The molecule has 38 heavy (non-hydrogen) atoms. The summed E-state index contributed by atoms with van der Waals surface area (Å²) in [7, 11) is 0. The molecule has 2 atom stereocenters. The van der Waals surface area contributed by atoms with Gasteiger partial charge in [-0.25, -0.2) is 8.78 Å². The zero-order valence-corrected chi connectivity index (χ0v) is 21.6. The minimum Gasteiger partial charge on any atom is -0.351 e. The highest BCUT2D eigenvalue weighted by Gasteiger charge is 2.49. The number of rotatable bonds is 6. The van der Waals surface area contributed by atoms with Crippen LogP contribution in [0.25, 0.3) is 0 Å². The average Bonchev–Trinajstić information content (AvgIpc) is 3.59. The van der Waals surface area contributed by atoms with Crippen LogP contribution < -0.4 is 5.32 Å². The van der Waals surface area contributed by atoms with Gasteiger partial charge in [-0.1, -0.05) is 18.2 Å². The van der Waals surface area contributed by atoms with Crippen molar-refractivity contribution in [3.8, 4) is 0 Å². The van der Waals surface area contributed by atoms with E-state index in [1.165, 1.54) is 23.5 Å². The van der Waals surface area contributed by atoms with Crippen LogP contribution in [0, 0.1) is 11.6 Å². The maximum Gasteiger partial charge on any atom is 0.416 e. The van der Waals surface area contributed by atoms with Gasteiger partial charge < -0.3 is 10.2 Å². The quantitative estimate of drug-likeness (QED) is 0.336. The van der Waals surface area contributed by atoms with Gasteiger partial charge in [-0.05, 0) is 104 Å². The highest BCUT2D eigenvalue weighted by atomic mass is 32.1. The molecule has 9 heteroatoms. The third-order valence-corrected chi connectivity index (χ3v) is 9.12. The number of nitrogens with one attached hydrogen (secondary N) is 1. The molecule has 3 aromatic rings. The van der Waals surface area contributed by atoms with Gasteiger partial charge in [0.15, 0.2) is 0 Å². The molecule has 2 heterocycles. The molecule has 3 nitrogen and oxygen atoms in total. The summed E-state index contributed by atoms with van der Waals surface area (Å²) in [5.74, 6) is -1.08.